The van der Waals surface area contributed by atoms with Crippen LogP contribution >= 0.6 is 0 Å². The molecule has 0 saturated carbocycles. The Morgan fingerprint density at radius 3 is 2.59 bits per heavy atom. The van der Waals surface area contributed by atoms with Gasteiger partial charge in [-0.25, -0.2) is 4.79 Å². The fraction of sp³-hybridized carbons (Fsp3) is 0.333. The van der Waals surface area contributed by atoms with Crippen LogP contribution in [0.3, 0.4) is 0 Å². The predicted octanol–water partition coefficient (Wildman–Crippen LogP) is 3.20. The molecule has 0 aliphatic heterocycles. The van der Waals surface area contributed by atoms with Crippen molar-refractivity contribution in [2.75, 3.05) is 20.3 Å². The molecule has 6 heteroatoms. The van der Waals surface area contributed by atoms with Crippen molar-refractivity contribution in [2.45, 2.75) is 20.4 Å². The number of hydrogen-bond donors (Lipinski definition) is 1. The Kier molecular flexibility index (Phi) is 7.67. The molecular formula is C21H25NO5. The van der Waals surface area contributed by atoms with Crippen LogP contribution in [0.1, 0.15) is 29.8 Å². The van der Waals surface area contributed by atoms with E-state index in [2.05, 4.69) is 5.32 Å². The van der Waals surface area contributed by atoms with Gasteiger partial charge in [-0.2, -0.15) is 0 Å². The highest BCUT2D eigenvalue weighted by molar-refractivity contribution is 5.91. The second-order valence-electron chi connectivity index (χ2n) is 6.40. The zero-order valence-electron chi connectivity index (χ0n) is 15.9. The quantitative estimate of drug-likeness (QED) is 0.685. The van der Waals surface area contributed by atoms with Crippen molar-refractivity contribution in [1.82, 2.24) is 5.32 Å². The van der Waals surface area contributed by atoms with E-state index in [4.69, 9.17) is 14.2 Å². The van der Waals surface area contributed by atoms with Crippen LogP contribution in [0.2, 0.25) is 0 Å². The average molecular weight is 371 g/mol. The Labute approximate surface area is 159 Å². The van der Waals surface area contributed by atoms with Gasteiger partial charge >= 0.3 is 5.97 Å². The van der Waals surface area contributed by atoms with Crippen LogP contribution < -0.4 is 14.8 Å². The molecule has 6 nitrogen and oxygen atoms in total. The van der Waals surface area contributed by atoms with E-state index in [-0.39, 0.29) is 12.5 Å². The second-order valence-corrected chi connectivity index (χ2v) is 6.40. The summed E-state index contributed by atoms with van der Waals surface area (Å²) in [5.74, 6) is 0.707. The SMILES string of the molecule is COc1ccccc1CNC(=O)COC(=O)c1cccc(OCC(C)C)c1. The van der Waals surface area contributed by atoms with Crippen molar-refractivity contribution >= 4 is 11.9 Å². The summed E-state index contributed by atoms with van der Waals surface area (Å²) in [6.07, 6.45) is 0. The van der Waals surface area contributed by atoms with E-state index in [1.54, 1.807) is 31.4 Å². The molecule has 0 aliphatic rings. The number of carbonyl (C=O) groups excluding carboxylic acids is 2. The van der Waals surface area contributed by atoms with Crippen molar-refractivity contribution in [3.05, 3.63) is 59.7 Å². The minimum absolute atomic E-state index is 0.291. The van der Waals surface area contributed by atoms with Crippen LogP contribution in [0.5, 0.6) is 11.5 Å². The third-order valence-electron chi connectivity index (χ3n) is 3.66. The van der Waals surface area contributed by atoms with E-state index >= 15 is 0 Å². The zero-order chi connectivity index (χ0) is 19.6. The first-order chi connectivity index (χ1) is 13.0. The first kappa shape index (κ1) is 20.3. The molecule has 1 amide bonds. The summed E-state index contributed by atoms with van der Waals surface area (Å²) in [5, 5.41) is 2.70. The van der Waals surface area contributed by atoms with E-state index in [0.29, 0.717) is 36.1 Å². The van der Waals surface area contributed by atoms with Gasteiger partial charge in [-0.3, -0.25) is 4.79 Å². The maximum Gasteiger partial charge on any atom is 0.338 e. The number of amides is 1. The van der Waals surface area contributed by atoms with Gasteiger partial charge in [-0.15, -0.1) is 0 Å². The van der Waals surface area contributed by atoms with Crippen LogP contribution in [0.15, 0.2) is 48.5 Å². The van der Waals surface area contributed by atoms with Crippen LogP contribution in [-0.4, -0.2) is 32.2 Å². The summed E-state index contributed by atoms with van der Waals surface area (Å²) in [7, 11) is 1.57. The number of benzene rings is 2. The fourth-order valence-electron chi connectivity index (χ4n) is 2.28. The maximum absolute atomic E-state index is 12.1. The van der Waals surface area contributed by atoms with Gasteiger partial charge in [-0.1, -0.05) is 38.1 Å². The lowest BCUT2D eigenvalue weighted by Gasteiger charge is -2.11. The molecule has 0 unspecified atom stereocenters. The highest BCUT2D eigenvalue weighted by Gasteiger charge is 2.12. The normalized spacial score (nSPS) is 10.4. The summed E-state index contributed by atoms with van der Waals surface area (Å²) in [5.41, 5.74) is 1.18. The van der Waals surface area contributed by atoms with Gasteiger partial charge in [0, 0.05) is 12.1 Å². The zero-order valence-corrected chi connectivity index (χ0v) is 15.9. The molecule has 2 aromatic carbocycles. The van der Waals surface area contributed by atoms with Gasteiger partial charge in [0.15, 0.2) is 6.61 Å². The summed E-state index contributed by atoms with van der Waals surface area (Å²) in [6, 6.07) is 14.1. The molecule has 0 radical (unpaired) electrons. The molecule has 1 N–H and O–H groups in total. The lowest BCUT2D eigenvalue weighted by atomic mass is 10.2. The minimum atomic E-state index is -0.572. The molecule has 0 heterocycles. The number of carbonyl (C=O) groups is 2. The minimum Gasteiger partial charge on any atom is -0.496 e. The van der Waals surface area contributed by atoms with Gasteiger partial charge < -0.3 is 19.5 Å². The van der Waals surface area contributed by atoms with Crippen molar-refractivity contribution in [2.24, 2.45) is 5.92 Å². The number of nitrogens with one attached hydrogen (secondary N) is 1. The molecule has 144 valence electrons. The summed E-state index contributed by atoms with van der Waals surface area (Å²) < 4.78 is 15.9. The topological polar surface area (TPSA) is 73.9 Å². The number of rotatable bonds is 9. The van der Waals surface area contributed by atoms with Gasteiger partial charge in [0.2, 0.25) is 0 Å². The highest BCUT2D eigenvalue weighted by atomic mass is 16.5. The number of hydrogen-bond acceptors (Lipinski definition) is 5. The Hall–Kier alpha value is -3.02. The molecule has 0 fully saturated rings. The molecule has 0 aliphatic carbocycles. The van der Waals surface area contributed by atoms with Gasteiger partial charge in [0.1, 0.15) is 11.5 Å². The van der Waals surface area contributed by atoms with Crippen LogP contribution in [0.25, 0.3) is 0 Å². The van der Waals surface area contributed by atoms with Crippen LogP contribution in [-0.2, 0) is 16.1 Å². The van der Waals surface area contributed by atoms with Crippen LogP contribution in [0.4, 0.5) is 0 Å². The summed E-state index contributed by atoms with van der Waals surface area (Å²) >= 11 is 0. The molecule has 2 rings (SSSR count). The Morgan fingerprint density at radius 1 is 1.07 bits per heavy atom. The molecule has 0 spiro atoms. The van der Waals surface area contributed by atoms with E-state index in [0.717, 1.165) is 5.56 Å². The standard InChI is InChI=1S/C21H25NO5/c1-15(2)13-26-18-9-6-8-16(11-18)21(24)27-14-20(23)22-12-17-7-4-5-10-19(17)25-3/h4-11,15H,12-14H2,1-3H3,(H,22,23). The van der Waals surface area contributed by atoms with Crippen molar-refractivity contribution < 1.29 is 23.8 Å². The molecule has 0 aromatic heterocycles. The molecule has 2 aromatic rings. The number of ether oxygens (including phenoxy) is 3. The fourth-order valence-corrected chi connectivity index (χ4v) is 2.28. The molecule has 27 heavy (non-hydrogen) atoms. The molecular weight excluding hydrogens is 346 g/mol. The largest absolute Gasteiger partial charge is 0.496 e. The summed E-state index contributed by atoms with van der Waals surface area (Å²) in [4.78, 5) is 24.1. The van der Waals surface area contributed by atoms with Gasteiger partial charge in [0.05, 0.1) is 19.3 Å². The van der Waals surface area contributed by atoms with Gasteiger partial charge in [0.25, 0.3) is 5.91 Å². The molecule has 0 atom stereocenters. The van der Waals surface area contributed by atoms with E-state index in [1.807, 2.05) is 38.1 Å². The second kappa shape index (κ2) is 10.2. The lowest BCUT2D eigenvalue weighted by molar-refractivity contribution is -0.124. The van der Waals surface area contributed by atoms with Crippen molar-refractivity contribution in [3.8, 4) is 11.5 Å². The third kappa shape index (κ3) is 6.66. The Balaban J connectivity index is 1.82. The third-order valence-corrected chi connectivity index (χ3v) is 3.66. The van der Waals surface area contributed by atoms with E-state index < -0.39 is 5.97 Å². The van der Waals surface area contributed by atoms with Crippen molar-refractivity contribution in [1.29, 1.82) is 0 Å². The Morgan fingerprint density at radius 2 is 1.85 bits per heavy atom. The molecule has 0 bridgehead atoms. The Bertz CT molecular complexity index is 773. The highest BCUT2D eigenvalue weighted by Crippen LogP contribution is 2.17. The predicted molar refractivity (Wildman–Crippen MR) is 102 cm³/mol. The lowest BCUT2D eigenvalue weighted by Crippen LogP contribution is -2.28. The molecule has 0 saturated heterocycles. The van der Waals surface area contributed by atoms with Crippen LogP contribution in [0, 0.1) is 5.92 Å². The maximum atomic E-state index is 12.1. The monoisotopic (exact) mass is 371 g/mol. The van der Waals surface area contributed by atoms with E-state index in [1.165, 1.54) is 0 Å². The smallest absolute Gasteiger partial charge is 0.338 e. The van der Waals surface area contributed by atoms with E-state index in [9.17, 15) is 9.59 Å². The first-order valence-electron chi connectivity index (χ1n) is 8.78. The van der Waals surface area contributed by atoms with Gasteiger partial charge in [-0.05, 0) is 30.2 Å². The first-order valence-corrected chi connectivity index (χ1v) is 8.78. The van der Waals surface area contributed by atoms with Crippen molar-refractivity contribution in [3.63, 3.8) is 0 Å². The summed E-state index contributed by atoms with van der Waals surface area (Å²) in [6.45, 7) is 4.58. The average Bonchev–Trinajstić information content (AvgIpc) is 2.69. The number of para-hydroxylation sites is 1. The number of methoxy groups -OCH3 is 1. The number of esters is 1.